The van der Waals surface area contributed by atoms with Gasteiger partial charge >= 0.3 is 0 Å². The van der Waals surface area contributed by atoms with Crippen LogP contribution >= 0.6 is 0 Å². The number of para-hydroxylation sites is 1. The molecular weight excluding hydrogens is 288 g/mol. The minimum atomic E-state index is -0.756. The second kappa shape index (κ2) is 5.05. The van der Waals surface area contributed by atoms with Crippen LogP contribution in [0.2, 0.25) is 0 Å². The van der Waals surface area contributed by atoms with Crippen LogP contribution in [0.5, 0.6) is 0 Å². The molecule has 0 spiro atoms. The molecule has 2 aromatic rings. The number of rotatable bonds is 3. The van der Waals surface area contributed by atoms with E-state index >= 15 is 0 Å². The van der Waals surface area contributed by atoms with E-state index in [0.717, 1.165) is 4.90 Å². The van der Waals surface area contributed by atoms with E-state index in [1.807, 2.05) is 0 Å². The summed E-state index contributed by atoms with van der Waals surface area (Å²) in [5, 5.41) is 20.4. The maximum Gasteiger partial charge on any atom is 0.283 e. The number of aliphatic hydroxyl groups excluding tert-OH is 1. The first-order valence-electron chi connectivity index (χ1n) is 6.41. The molecule has 0 aliphatic carbocycles. The number of amides is 2. The standard InChI is InChI=1S/C15H10N2O5/c18-8-9-4-1-2-6-11(9)16-14(19)10-5-3-7-12(17(21)22)13(10)15(16)20/h1-7,18H,8H2. The Morgan fingerprint density at radius 3 is 2.45 bits per heavy atom. The molecular formula is C15H10N2O5. The second-order valence-corrected chi connectivity index (χ2v) is 4.69. The topological polar surface area (TPSA) is 101 Å². The molecule has 1 heterocycles. The number of hydrogen-bond donors (Lipinski definition) is 1. The van der Waals surface area contributed by atoms with Crippen molar-refractivity contribution in [2.24, 2.45) is 0 Å². The average Bonchev–Trinajstić information content (AvgIpc) is 2.78. The maximum absolute atomic E-state index is 12.5. The predicted molar refractivity (Wildman–Crippen MR) is 76.6 cm³/mol. The van der Waals surface area contributed by atoms with E-state index in [1.165, 1.54) is 24.3 Å². The number of fused-ring (bicyclic) bond motifs is 1. The third kappa shape index (κ3) is 1.87. The molecule has 1 aliphatic rings. The minimum Gasteiger partial charge on any atom is -0.392 e. The fraction of sp³-hybridized carbons (Fsp3) is 0.0667. The van der Waals surface area contributed by atoms with Crippen molar-refractivity contribution >= 4 is 23.2 Å². The summed E-state index contributed by atoms with van der Waals surface area (Å²) in [6, 6.07) is 10.3. The van der Waals surface area contributed by atoms with Gasteiger partial charge in [0.2, 0.25) is 0 Å². The summed E-state index contributed by atoms with van der Waals surface area (Å²) in [5.74, 6) is -1.39. The van der Waals surface area contributed by atoms with Gasteiger partial charge in [0.05, 0.1) is 22.8 Å². The van der Waals surface area contributed by atoms with E-state index in [1.54, 1.807) is 18.2 Å². The molecule has 7 heteroatoms. The Balaban J connectivity index is 2.19. The quantitative estimate of drug-likeness (QED) is 0.529. The van der Waals surface area contributed by atoms with E-state index in [4.69, 9.17) is 0 Å². The monoisotopic (exact) mass is 298 g/mol. The molecule has 1 aliphatic heterocycles. The molecule has 0 bridgehead atoms. The largest absolute Gasteiger partial charge is 0.392 e. The predicted octanol–water partition coefficient (Wildman–Crippen LogP) is 1.89. The second-order valence-electron chi connectivity index (χ2n) is 4.69. The fourth-order valence-corrected chi connectivity index (χ4v) is 2.50. The number of benzene rings is 2. The lowest BCUT2D eigenvalue weighted by Gasteiger charge is -2.16. The summed E-state index contributed by atoms with van der Waals surface area (Å²) < 4.78 is 0. The zero-order chi connectivity index (χ0) is 15.9. The van der Waals surface area contributed by atoms with Gasteiger partial charge in [-0.2, -0.15) is 0 Å². The SMILES string of the molecule is O=C1c2cccc([N+](=O)[O-])c2C(=O)N1c1ccccc1CO. The number of nitrogens with zero attached hydrogens (tertiary/aromatic N) is 2. The van der Waals surface area contributed by atoms with Crippen molar-refractivity contribution in [3.63, 3.8) is 0 Å². The van der Waals surface area contributed by atoms with Crippen molar-refractivity contribution in [2.45, 2.75) is 6.61 Å². The van der Waals surface area contributed by atoms with Crippen molar-refractivity contribution in [1.29, 1.82) is 0 Å². The fourth-order valence-electron chi connectivity index (χ4n) is 2.50. The first kappa shape index (κ1) is 13.9. The molecule has 0 aromatic heterocycles. The minimum absolute atomic E-state index is 0.00746. The molecule has 0 atom stereocenters. The van der Waals surface area contributed by atoms with Gasteiger partial charge in [0, 0.05) is 11.6 Å². The summed E-state index contributed by atoms with van der Waals surface area (Å²) in [5.41, 5.74) is -0.0119. The molecule has 22 heavy (non-hydrogen) atoms. The van der Waals surface area contributed by atoms with Gasteiger partial charge in [-0.15, -0.1) is 0 Å². The van der Waals surface area contributed by atoms with Crippen LogP contribution in [0.25, 0.3) is 0 Å². The summed E-state index contributed by atoms with van der Waals surface area (Å²) in [6.45, 7) is -0.355. The van der Waals surface area contributed by atoms with Crippen molar-refractivity contribution in [2.75, 3.05) is 4.90 Å². The Morgan fingerprint density at radius 2 is 1.77 bits per heavy atom. The summed E-state index contributed by atoms with van der Waals surface area (Å²) >= 11 is 0. The highest BCUT2D eigenvalue weighted by atomic mass is 16.6. The Kier molecular flexibility index (Phi) is 3.19. The lowest BCUT2D eigenvalue weighted by Crippen LogP contribution is -2.30. The zero-order valence-electron chi connectivity index (χ0n) is 11.2. The van der Waals surface area contributed by atoms with Crippen LogP contribution in [-0.4, -0.2) is 21.8 Å². The number of carbonyl (C=O) groups is 2. The molecule has 0 saturated carbocycles. The van der Waals surface area contributed by atoms with Crippen molar-refractivity contribution in [3.8, 4) is 0 Å². The third-order valence-corrected chi connectivity index (χ3v) is 3.49. The molecule has 1 N–H and O–H groups in total. The molecule has 0 fully saturated rings. The van der Waals surface area contributed by atoms with Crippen LogP contribution in [0.4, 0.5) is 11.4 Å². The first-order valence-corrected chi connectivity index (χ1v) is 6.41. The van der Waals surface area contributed by atoms with E-state index in [-0.39, 0.29) is 23.4 Å². The lowest BCUT2D eigenvalue weighted by atomic mass is 10.1. The van der Waals surface area contributed by atoms with Crippen LogP contribution in [-0.2, 0) is 6.61 Å². The lowest BCUT2D eigenvalue weighted by molar-refractivity contribution is -0.385. The highest BCUT2D eigenvalue weighted by molar-refractivity contribution is 6.35. The molecule has 7 nitrogen and oxygen atoms in total. The Morgan fingerprint density at radius 1 is 1.05 bits per heavy atom. The van der Waals surface area contributed by atoms with Gasteiger partial charge in [-0.05, 0) is 12.1 Å². The van der Waals surface area contributed by atoms with Crippen LogP contribution in [0, 0.1) is 10.1 Å². The molecule has 2 amide bonds. The average molecular weight is 298 g/mol. The summed E-state index contributed by atoms with van der Waals surface area (Å²) in [4.78, 5) is 36.2. The third-order valence-electron chi connectivity index (χ3n) is 3.49. The van der Waals surface area contributed by atoms with E-state index in [0.29, 0.717) is 5.56 Å². The molecule has 0 unspecified atom stereocenters. The van der Waals surface area contributed by atoms with Gasteiger partial charge in [-0.25, -0.2) is 4.90 Å². The number of anilines is 1. The molecule has 2 aromatic carbocycles. The van der Waals surface area contributed by atoms with Gasteiger partial charge in [0.25, 0.3) is 17.5 Å². The maximum atomic E-state index is 12.5. The van der Waals surface area contributed by atoms with Gasteiger partial charge in [0.15, 0.2) is 0 Å². The molecule has 3 rings (SSSR count). The smallest absolute Gasteiger partial charge is 0.283 e. The Labute approximate surface area is 124 Å². The van der Waals surface area contributed by atoms with Gasteiger partial charge in [-0.1, -0.05) is 24.3 Å². The van der Waals surface area contributed by atoms with Crippen molar-refractivity contribution in [1.82, 2.24) is 0 Å². The van der Waals surface area contributed by atoms with E-state index < -0.39 is 22.4 Å². The molecule has 110 valence electrons. The number of aliphatic hydroxyl groups is 1. The number of nitro groups is 1. The van der Waals surface area contributed by atoms with Crippen molar-refractivity contribution < 1.29 is 19.6 Å². The van der Waals surface area contributed by atoms with Crippen molar-refractivity contribution in [3.05, 3.63) is 69.3 Å². The van der Waals surface area contributed by atoms with Crippen LogP contribution in [0.1, 0.15) is 26.3 Å². The highest BCUT2D eigenvalue weighted by Crippen LogP contribution is 2.35. The normalized spacial score (nSPS) is 13.4. The van der Waals surface area contributed by atoms with Crippen LogP contribution in [0.15, 0.2) is 42.5 Å². The highest BCUT2D eigenvalue weighted by Gasteiger charge is 2.42. The van der Waals surface area contributed by atoms with E-state index in [2.05, 4.69) is 0 Å². The van der Waals surface area contributed by atoms with Gasteiger partial charge in [-0.3, -0.25) is 19.7 Å². The Bertz CT molecular complexity index is 815. The van der Waals surface area contributed by atoms with E-state index in [9.17, 15) is 24.8 Å². The zero-order valence-corrected chi connectivity index (χ0v) is 11.2. The first-order chi connectivity index (χ1) is 10.6. The van der Waals surface area contributed by atoms with Crippen LogP contribution < -0.4 is 4.90 Å². The molecule has 0 radical (unpaired) electrons. The number of hydrogen-bond acceptors (Lipinski definition) is 5. The van der Waals surface area contributed by atoms with Crippen LogP contribution in [0.3, 0.4) is 0 Å². The number of imide groups is 1. The number of carbonyl (C=O) groups excluding carboxylic acids is 2. The summed E-state index contributed by atoms with van der Waals surface area (Å²) in [6.07, 6.45) is 0. The van der Waals surface area contributed by atoms with Gasteiger partial charge < -0.3 is 5.11 Å². The Hall–Kier alpha value is -3.06. The molecule has 0 saturated heterocycles. The summed E-state index contributed by atoms with van der Waals surface area (Å²) in [7, 11) is 0. The number of nitro benzene ring substituents is 1. The van der Waals surface area contributed by atoms with Gasteiger partial charge in [0.1, 0.15) is 5.56 Å².